The van der Waals surface area contributed by atoms with E-state index >= 15 is 0 Å². The number of nitrogens with zero attached hydrogens (tertiary/aromatic N) is 4. The number of anilines is 1. The molecule has 2 N–H and O–H groups in total. The fourth-order valence-electron chi connectivity index (χ4n) is 2.97. The zero-order valence-corrected chi connectivity index (χ0v) is 19.6. The molecule has 0 aliphatic carbocycles. The molecular formula is C24H24N6O3S. The first-order chi connectivity index (χ1) is 16.4. The number of carbonyl (C=O) groups is 3. The van der Waals surface area contributed by atoms with Crippen LogP contribution in [-0.2, 0) is 0 Å². The highest BCUT2D eigenvalue weighted by molar-refractivity contribution is 7.14. The molecular weight excluding hydrogens is 452 g/mol. The van der Waals surface area contributed by atoms with E-state index < -0.39 is 11.9 Å². The number of benzene rings is 1. The van der Waals surface area contributed by atoms with Crippen LogP contribution in [-0.4, -0.2) is 45.8 Å². The van der Waals surface area contributed by atoms with E-state index in [9.17, 15) is 14.4 Å². The van der Waals surface area contributed by atoms with Crippen molar-refractivity contribution in [2.24, 2.45) is 5.92 Å². The van der Waals surface area contributed by atoms with Crippen molar-refractivity contribution >= 4 is 34.3 Å². The monoisotopic (exact) mass is 476 g/mol. The molecule has 9 nitrogen and oxygen atoms in total. The minimum Gasteiger partial charge on any atom is -0.325 e. The fourth-order valence-corrected chi connectivity index (χ4v) is 3.68. The largest absolute Gasteiger partial charge is 0.325 e. The van der Waals surface area contributed by atoms with Crippen molar-refractivity contribution in [3.05, 3.63) is 65.3 Å². The van der Waals surface area contributed by atoms with Gasteiger partial charge in [0.05, 0.1) is 11.8 Å². The van der Waals surface area contributed by atoms with E-state index in [-0.39, 0.29) is 19.0 Å². The number of urea groups is 1. The molecule has 0 radical (unpaired) electrons. The summed E-state index contributed by atoms with van der Waals surface area (Å²) < 4.78 is 0. The Kier molecular flexibility index (Phi) is 8.43. The first-order valence-corrected chi connectivity index (χ1v) is 11.5. The quantitative estimate of drug-likeness (QED) is 0.470. The van der Waals surface area contributed by atoms with Gasteiger partial charge in [-0.3, -0.25) is 24.8 Å². The average Bonchev–Trinajstić information content (AvgIpc) is 3.31. The lowest BCUT2D eigenvalue weighted by molar-refractivity contribution is 0.0795. The number of nitriles is 1. The SMILES string of the molecule is CC(C)CCN(C(=O)NCC#N)C(=O)c1ccc(-c2csc(NC(=O)c3ccncc3)n2)cc1. The molecule has 1 aromatic carbocycles. The number of aromatic nitrogens is 2. The Morgan fingerprint density at radius 3 is 2.44 bits per heavy atom. The van der Waals surface area contributed by atoms with Gasteiger partial charge in [0.25, 0.3) is 11.8 Å². The van der Waals surface area contributed by atoms with E-state index in [1.165, 1.54) is 11.3 Å². The predicted molar refractivity (Wildman–Crippen MR) is 129 cm³/mol. The Labute approximate surface area is 201 Å². The molecule has 0 saturated heterocycles. The summed E-state index contributed by atoms with van der Waals surface area (Å²) in [6.45, 7) is 4.09. The number of amides is 4. The molecule has 4 amide bonds. The third kappa shape index (κ3) is 6.46. The minimum atomic E-state index is -0.592. The van der Waals surface area contributed by atoms with Gasteiger partial charge in [-0.2, -0.15) is 5.26 Å². The van der Waals surface area contributed by atoms with Crippen molar-refractivity contribution in [2.45, 2.75) is 20.3 Å². The zero-order chi connectivity index (χ0) is 24.5. The topological polar surface area (TPSA) is 128 Å². The summed E-state index contributed by atoms with van der Waals surface area (Å²) in [5.74, 6) is -0.411. The molecule has 0 atom stereocenters. The average molecular weight is 477 g/mol. The lowest BCUT2D eigenvalue weighted by atomic mass is 10.1. The summed E-state index contributed by atoms with van der Waals surface area (Å²) in [5.41, 5.74) is 2.24. The maximum absolute atomic E-state index is 13.0. The number of carbonyl (C=O) groups excluding carboxylic acids is 3. The molecule has 34 heavy (non-hydrogen) atoms. The van der Waals surface area contributed by atoms with Crippen LogP contribution >= 0.6 is 11.3 Å². The first-order valence-electron chi connectivity index (χ1n) is 10.6. The molecule has 2 heterocycles. The summed E-state index contributed by atoms with van der Waals surface area (Å²) >= 11 is 1.29. The molecule has 0 saturated carbocycles. The molecule has 0 aliphatic rings. The van der Waals surface area contributed by atoms with Crippen molar-refractivity contribution in [1.29, 1.82) is 5.26 Å². The van der Waals surface area contributed by atoms with Gasteiger partial charge in [0.2, 0.25) is 0 Å². The van der Waals surface area contributed by atoms with Crippen LogP contribution in [0.3, 0.4) is 0 Å². The minimum absolute atomic E-state index is 0.174. The molecule has 0 unspecified atom stereocenters. The van der Waals surface area contributed by atoms with Crippen molar-refractivity contribution < 1.29 is 14.4 Å². The predicted octanol–water partition coefficient (Wildman–Crippen LogP) is 4.18. The van der Waals surface area contributed by atoms with Gasteiger partial charge in [-0.15, -0.1) is 11.3 Å². The van der Waals surface area contributed by atoms with E-state index in [0.29, 0.717) is 34.3 Å². The Bertz CT molecular complexity index is 1190. The van der Waals surface area contributed by atoms with Gasteiger partial charge in [0.15, 0.2) is 5.13 Å². The van der Waals surface area contributed by atoms with Crippen LogP contribution in [0, 0.1) is 17.2 Å². The van der Waals surface area contributed by atoms with Gasteiger partial charge in [-0.25, -0.2) is 9.78 Å². The van der Waals surface area contributed by atoms with Crippen molar-refractivity contribution in [1.82, 2.24) is 20.2 Å². The smallest absolute Gasteiger partial charge is 0.325 e. The van der Waals surface area contributed by atoms with Crippen molar-refractivity contribution in [3.63, 3.8) is 0 Å². The second-order valence-electron chi connectivity index (χ2n) is 7.76. The lowest BCUT2D eigenvalue weighted by Crippen LogP contribution is -2.44. The fraction of sp³-hybridized carbons (Fsp3) is 0.250. The zero-order valence-electron chi connectivity index (χ0n) is 18.8. The number of thiazole rings is 1. The van der Waals surface area contributed by atoms with Crippen LogP contribution in [0.4, 0.5) is 9.93 Å². The standard InChI is InChI=1S/C24H24N6O3S/c1-16(2)9-14-30(24(33)27-13-10-25)22(32)19-5-3-17(4-6-19)20-15-34-23(28-20)29-21(31)18-7-11-26-12-8-18/h3-8,11-12,15-16H,9,13-14H2,1-2H3,(H,27,33)(H,28,29,31). The molecule has 3 rings (SSSR count). The van der Waals surface area contributed by atoms with E-state index in [4.69, 9.17) is 5.26 Å². The number of hydrogen-bond acceptors (Lipinski definition) is 7. The number of hydrogen-bond donors (Lipinski definition) is 2. The van der Waals surface area contributed by atoms with Crippen LogP contribution in [0.5, 0.6) is 0 Å². The van der Waals surface area contributed by atoms with E-state index in [0.717, 1.165) is 10.5 Å². The summed E-state index contributed by atoms with van der Waals surface area (Å²) in [4.78, 5) is 47.2. The lowest BCUT2D eigenvalue weighted by Gasteiger charge is -2.21. The van der Waals surface area contributed by atoms with Gasteiger partial charge in [0, 0.05) is 41.0 Å². The van der Waals surface area contributed by atoms with E-state index in [2.05, 4.69) is 20.6 Å². The molecule has 3 aromatic rings. The molecule has 10 heteroatoms. The van der Waals surface area contributed by atoms with Crippen LogP contribution < -0.4 is 10.6 Å². The number of pyridine rings is 1. The summed E-state index contributed by atoms with van der Waals surface area (Å²) in [7, 11) is 0. The summed E-state index contributed by atoms with van der Waals surface area (Å²) in [6, 6.07) is 11.2. The van der Waals surface area contributed by atoms with Gasteiger partial charge >= 0.3 is 6.03 Å². The highest BCUT2D eigenvalue weighted by Crippen LogP contribution is 2.26. The Balaban J connectivity index is 1.71. The molecule has 0 aliphatic heterocycles. The molecule has 0 spiro atoms. The second-order valence-corrected chi connectivity index (χ2v) is 8.62. The Morgan fingerprint density at radius 2 is 1.79 bits per heavy atom. The first kappa shape index (κ1) is 24.5. The highest BCUT2D eigenvalue weighted by Gasteiger charge is 2.23. The van der Waals surface area contributed by atoms with E-state index in [1.807, 2.05) is 25.3 Å². The van der Waals surface area contributed by atoms with Crippen LogP contribution in [0.2, 0.25) is 0 Å². The Hall–Kier alpha value is -4.10. The number of nitrogens with one attached hydrogen (secondary N) is 2. The van der Waals surface area contributed by atoms with Gasteiger partial charge < -0.3 is 5.32 Å². The third-order valence-corrected chi connectivity index (χ3v) is 5.59. The normalized spacial score (nSPS) is 10.4. The van der Waals surface area contributed by atoms with Crippen LogP contribution in [0.15, 0.2) is 54.2 Å². The van der Waals surface area contributed by atoms with Gasteiger partial charge in [-0.1, -0.05) is 26.0 Å². The molecule has 0 fully saturated rings. The maximum Gasteiger partial charge on any atom is 0.325 e. The van der Waals surface area contributed by atoms with Crippen molar-refractivity contribution in [2.75, 3.05) is 18.4 Å². The van der Waals surface area contributed by atoms with E-state index in [1.54, 1.807) is 48.8 Å². The maximum atomic E-state index is 13.0. The number of rotatable bonds is 8. The third-order valence-electron chi connectivity index (χ3n) is 4.83. The van der Waals surface area contributed by atoms with Gasteiger partial charge in [-0.05, 0) is 36.6 Å². The summed E-state index contributed by atoms with van der Waals surface area (Å²) in [5, 5.41) is 16.2. The highest BCUT2D eigenvalue weighted by atomic mass is 32.1. The van der Waals surface area contributed by atoms with Gasteiger partial charge in [0.1, 0.15) is 6.54 Å². The Morgan fingerprint density at radius 1 is 1.09 bits per heavy atom. The van der Waals surface area contributed by atoms with Crippen LogP contribution in [0.1, 0.15) is 41.0 Å². The van der Waals surface area contributed by atoms with Crippen molar-refractivity contribution in [3.8, 4) is 17.3 Å². The molecule has 174 valence electrons. The van der Waals surface area contributed by atoms with Crippen LogP contribution in [0.25, 0.3) is 11.3 Å². The second kappa shape index (κ2) is 11.7. The molecule has 2 aromatic heterocycles. The molecule has 0 bridgehead atoms. The summed E-state index contributed by atoms with van der Waals surface area (Å²) in [6.07, 6.45) is 3.74. The number of imide groups is 1.